The summed E-state index contributed by atoms with van der Waals surface area (Å²) in [6.07, 6.45) is 0.992. The van der Waals surface area contributed by atoms with E-state index in [-0.39, 0.29) is 26.9 Å². The normalized spacial score (nSPS) is 11.8. The molecule has 4 N–H and O–H groups in total. The second-order valence-electron chi connectivity index (χ2n) is 7.19. The molecule has 0 fully saturated rings. The van der Waals surface area contributed by atoms with Crippen LogP contribution in [0.25, 0.3) is 0 Å². The fourth-order valence-corrected chi connectivity index (χ4v) is 4.17. The second kappa shape index (κ2) is 9.14. The van der Waals surface area contributed by atoms with E-state index in [1.54, 1.807) is 19.0 Å². The highest BCUT2D eigenvalue weighted by Crippen LogP contribution is 2.36. The Morgan fingerprint density at radius 3 is 1.97 bits per heavy atom. The number of hydrogen-bond acceptors (Lipinski definition) is 7. The lowest BCUT2D eigenvalue weighted by atomic mass is 10.2. The number of sulfone groups is 1. The Labute approximate surface area is 187 Å². The van der Waals surface area contributed by atoms with E-state index in [9.17, 15) is 21.6 Å². The topological polar surface area (TPSA) is 165 Å². The van der Waals surface area contributed by atoms with Gasteiger partial charge in [-0.1, -0.05) is 0 Å². The summed E-state index contributed by atoms with van der Waals surface area (Å²) in [7, 11) is -1.11. The number of nitrogens with two attached hydrogens (primary N) is 2. The highest BCUT2D eigenvalue weighted by Gasteiger charge is 2.22. The lowest BCUT2D eigenvalue weighted by molar-refractivity contribution is 0.1000. The van der Waals surface area contributed by atoms with Crippen molar-refractivity contribution < 1.29 is 26.4 Å². The molecule has 2 rings (SSSR count). The van der Waals surface area contributed by atoms with Gasteiger partial charge in [0.15, 0.2) is 21.5 Å². The number of hydrogen-bond donors (Lipinski definition) is 2. The van der Waals surface area contributed by atoms with Crippen molar-refractivity contribution in [2.45, 2.75) is 9.79 Å². The number of nitrogens with zero attached hydrogens (tertiary/aromatic N) is 3. The maximum atomic E-state index is 12.5. The summed E-state index contributed by atoms with van der Waals surface area (Å²) < 4.78 is 55.8. The van der Waals surface area contributed by atoms with Gasteiger partial charge in [0.2, 0.25) is 10.0 Å². The summed E-state index contributed by atoms with van der Waals surface area (Å²) in [5, 5.41) is 0. The molecule has 13 heteroatoms. The first-order valence-corrected chi connectivity index (χ1v) is 12.4. The lowest BCUT2D eigenvalue weighted by Gasteiger charge is -2.20. The number of guanidine groups is 1. The van der Waals surface area contributed by atoms with Gasteiger partial charge in [-0.3, -0.25) is 4.79 Å². The summed E-state index contributed by atoms with van der Waals surface area (Å²) in [5.74, 6) is -1.20. The molecule has 0 unspecified atom stereocenters. The third-order valence-electron chi connectivity index (χ3n) is 4.25. The molecule has 32 heavy (non-hydrogen) atoms. The van der Waals surface area contributed by atoms with E-state index in [0.717, 1.165) is 16.6 Å². The van der Waals surface area contributed by atoms with Gasteiger partial charge in [-0.2, -0.15) is 4.99 Å². The Bertz CT molecular complexity index is 1280. The molecule has 0 bridgehead atoms. The molecule has 11 nitrogen and oxygen atoms in total. The van der Waals surface area contributed by atoms with Gasteiger partial charge in [0.1, 0.15) is 5.75 Å². The van der Waals surface area contributed by atoms with Gasteiger partial charge in [0.05, 0.1) is 21.0 Å². The number of benzene rings is 2. The summed E-state index contributed by atoms with van der Waals surface area (Å²) >= 11 is 0. The van der Waals surface area contributed by atoms with Gasteiger partial charge in [0.25, 0.3) is 5.91 Å². The van der Waals surface area contributed by atoms with E-state index < -0.39 is 31.7 Å². The molecule has 0 spiro atoms. The fraction of sp³-hybridized carbons (Fsp3) is 0.263. The Morgan fingerprint density at radius 2 is 1.47 bits per heavy atom. The Hall–Kier alpha value is -3.16. The maximum absolute atomic E-state index is 12.5. The van der Waals surface area contributed by atoms with Crippen LogP contribution in [0.3, 0.4) is 0 Å². The minimum absolute atomic E-state index is 0.0151. The maximum Gasteiger partial charge on any atom is 0.284 e. The number of anilines is 1. The van der Waals surface area contributed by atoms with Gasteiger partial charge in [0, 0.05) is 34.4 Å². The predicted octanol–water partition coefficient (Wildman–Crippen LogP) is 0.612. The van der Waals surface area contributed by atoms with E-state index in [1.807, 2.05) is 0 Å². The van der Waals surface area contributed by atoms with Gasteiger partial charge in [-0.15, -0.1) is 0 Å². The second-order valence-corrected chi connectivity index (χ2v) is 11.4. The van der Waals surface area contributed by atoms with Crippen molar-refractivity contribution >= 4 is 37.4 Å². The first-order chi connectivity index (χ1) is 14.6. The van der Waals surface area contributed by atoms with Crippen molar-refractivity contribution in [3.8, 4) is 11.5 Å². The molecule has 0 saturated carbocycles. The zero-order valence-electron chi connectivity index (χ0n) is 18.2. The molecule has 0 heterocycles. The minimum Gasteiger partial charge on any atom is -0.454 e. The number of amides is 1. The largest absolute Gasteiger partial charge is 0.454 e. The van der Waals surface area contributed by atoms with Crippen LogP contribution in [-0.4, -0.2) is 67.5 Å². The van der Waals surface area contributed by atoms with Gasteiger partial charge >= 0.3 is 0 Å². The van der Waals surface area contributed by atoms with E-state index in [4.69, 9.17) is 16.2 Å². The van der Waals surface area contributed by atoms with Crippen LogP contribution >= 0.6 is 0 Å². The predicted molar refractivity (Wildman–Crippen MR) is 121 cm³/mol. The molecule has 0 aliphatic carbocycles. The molecule has 1 amide bonds. The molecule has 0 aliphatic heterocycles. The Balaban J connectivity index is 2.65. The molecule has 174 valence electrons. The Kier molecular flexibility index (Phi) is 7.17. The molecule has 0 saturated heterocycles. The van der Waals surface area contributed by atoms with Gasteiger partial charge < -0.3 is 21.1 Å². The van der Waals surface area contributed by atoms with Crippen LogP contribution in [0, 0.1) is 0 Å². The number of ether oxygens (including phenoxy) is 1. The van der Waals surface area contributed by atoms with Crippen molar-refractivity contribution in [3.05, 3.63) is 42.0 Å². The zero-order valence-corrected chi connectivity index (χ0v) is 19.9. The SMILES string of the molecule is CN(C)c1cc(S(=O)(=O)N(C)C)ccc1Oc1ccc(S(C)(=O)=O)cc1C(=O)N=C(N)N. The number of sulfonamides is 1. The number of carbonyl (C=O) groups excluding carboxylic acids is 1. The average molecular weight is 484 g/mol. The monoisotopic (exact) mass is 483 g/mol. The van der Waals surface area contributed by atoms with Crippen molar-refractivity contribution in [2.75, 3.05) is 39.3 Å². The van der Waals surface area contributed by atoms with Crippen molar-refractivity contribution in [1.29, 1.82) is 0 Å². The number of carbonyl (C=O) groups is 1. The van der Waals surface area contributed by atoms with Crippen molar-refractivity contribution in [2.24, 2.45) is 16.5 Å². The van der Waals surface area contributed by atoms with Crippen LogP contribution in [0.4, 0.5) is 5.69 Å². The van der Waals surface area contributed by atoms with Crippen LogP contribution in [0.1, 0.15) is 10.4 Å². The highest BCUT2D eigenvalue weighted by molar-refractivity contribution is 7.90. The number of aliphatic imine (C=N–C) groups is 1. The van der Waals surface area contributed by atoms with Crippen LogP contribution in [0.2, 0.25) is 0 Å². The van der Waals surface area contributed by atoms with Crippen molar-refractivity contribution in [1.82, 2.24) is 4.31 Å². The molecular weight excluding hydrogens is 458 g/mol. The van der Waals surface area contributed by atoms with Gasteiger partial charge in [-0.25, -0.2) is 21.1 Å². The van der Waals surface area contributed by atoms with E-state index in [2.05, 4.69) is 4.99 Å². The molecular formula is C19H25N5O6S2. The quantitative estimate of drug-likeness (QED) is 0.424. The molecule has 0 aromatic heterocycles. The molecule has 2 aromatic carbocycles. The third kappa shape index (κ3) is 5.55. The average Bonchev–Trinajstić information content (AvgIpc) is 2.66. The summed E-state index contributed by atoms with van der Waals surface area (Å²) in [5.41, 5.74) is 10.8. The summed E-state index contributed by atoms with van der Waals surface area (Å²) in [6, 6.07) is 7.91. The first-order valence-electron chi connectivity index (χ1n) is 9.04. The van der Waals surface area contributed by atoms with E-state index in [1.165, 1.54) is 44.4 Å². The molecule has 0 radical (unpaired) electrons. The minimum atomic E-state index is -3.69. The van der Waals surface area contributed by atoms with Crippen LogP contribution in [-0.2, 0) is 19.9 Å². The molecule has 2 aromatic rings. The third-order valence-corrected chi connectivity index (χ3v) is 7.17. The standard InChI is InChI=1S/C19H25N5O6S2/c1-23(2)15-11-13(32(28,29)24(3)4)7-9-17(15)30-16-8-6-12(31(5,26)27)10-14(16)18(25)22-19(20)21/h6-11H,1-5H3,(H4,20,21,22,25). The fourth-order valence-electron chi connectivity index (χ4n) is 2.60. The van der Waals surface area contributed by atoms with Crippen LogP contribution < -0.4 is 21.1 Å². The van der Waals surface area contributed by atoms with Gasteiger partial charge in [-0.05, 0) is 36.4 Å². The van der Waals surface area contributed by atoms with Crippen LogP contribution in [0.15, 0.2) is 51.2 Å². The molecule has 0 aliphatic rings. The molecule has 0 atom stereocenters. The smallest absolute Gasteiger partial charge is 0.284 e. The summed E-state index contributed by atoms with van der Waals surface area (Å²) in [4.78, 5) is 17.5. The van der Waals surface area contributed by atoms with Crippen LogP contribution in [0.5, 0.6) is 11.5 Å². The summed E-state index contributed by atoms with van der Waals surface area (Å²) in [6.45, 7) is 0. The zero-order chi connectivity index (χ0) is 24.4. The number of rotatable bonds is 7. The first kappa shape index (κ1) is 25.1. The van der Waals surface area contributed by atoms with E-state index in [0.29, 0.717) is 5.69 Å². The highest BCUT2D eigenvalue weighted by atomic mass is 32.2. The van der Waals surface area contributed by atoms with Crippen molar-refractivity contribution in [3.63, 3.8) is 0 Å². The lowest BCUT2D eigenvalue weighted by Crippen LogP contribution is -2.24. The Morgan fingerprint density at radius 1 is 0.906 bits per heavy atom. The van der Waals surface area contributed by atoms with E-state index >= 15 is 0 Å².